The van der Waals surface area contributed by atoms with Gasteiger partial charge in [-0.2, -0.15) is 0 Å². The molecule has 0 aromatic carbocycles. The van der Waals surface area contributed by atoms with Crippen LogP contribution >= 0.6 is 0 Å². The van der Waals surface area contributed by atoms with Crippen LogP contribution in [-0.2, 0) is 44.6 Å². The van der Waals surface area contributed by atoms with Gasteiger partial charge in [-0.25, -0.2) is 4.68 Å². The third-order valence-electron chi connectivity index (χ3n) is 14.6. The van der Waals surface area contributed by atoms with Gasteiger partial charge in [-0.1, -0.05) is 43.2 Å². The third kappa shape index (κ3) is 6.34. The summed E-state index contributed by atoms with van der Waals surface area (Å²) in [5.74, 6) is 0.874. The van der Waals surface area contributed by atoms with Gasteiger partial charge in [0.1, 0.15) is 0 Å². The van der Waals surface area contributed by atoms with E-state index in [1.54, 1.807) is 11.8 Å². The van der Waals surface area contributed by atoms with Crippen molar-refractivity contribution in [3.05, 3.63) is 34.7 Å². The van der Waals surface area contributed by atoms with Gasteiger partial charge in [0.05, 0.1) is 36.3 Å². The largest absolute Gasteiger partial charge is 0.456 e. The van der Waals surface area contributed by atoms with Crippen molar-refractivity contribution in [2.24, 2.45) is 35.0 Å². The summed E-state index contributed by atoms with van der Waals surface area (Å²) in [5, 5.41) is 19.5. The van der Waals surface area contributed by atoms with E-state index in [9.17, 15) is 19.5 Å². The molecule has 13 nitrogen and oxygen atoms in total. The van der Waals surface area contributed by atoms with Crippen molar-refractivity contribution in [2.75, 3.05) is 13.2 Å². The summed E-state index contributed by atoms with van der Waals surface area (Å²) in [4.78, 5) is 38.7. The third-order valence-corrected chi connectivity index (χ3v) is 14.6. The second-order valence-corrected chi connectivity index (χ2v) is 17.9. The van der Waals surface area contributed by atoms with Crippen LogP contribution in [-0.4, -0.2) is 98.2 Å². The number of carbonyl (C=O) groups is 3. The second kappa shape index (κ2) is 14.1. The van der Waals surface area contributed by atoms with Crippen molar-refractivity contribution in [3.8, 4) is 0 Å². The highest BCUT2D eigenvalue weighted by Gasteiger charge is 2.62. The fraction of sp³-hybridized carbons (Fsp3) is 0.780. The molecular weight excluding hydrogens is 692 g/mol. The van der Waals surface area contributed by atoms with Crippen molar-refractivity contribution >= 4 is 17.9 Å². The highest BCUT2D eigenvalue weighted by Crippen LogP contribution is 2.65. The van der Waals surface area contributed by atoms with Crippen LogP contribution in [0, 0.1) is 35.0 Å². The molecule has 54 heavy (non-hydrogen) atoms. The lowest BCUT2D eigenvalue weighted by molar-refractivity contribution is -0.241. The summed E-state index contributed by atoms with van der Waals surface area (Å²) < 4.78 is 31.5. The Balaban J connectivity index is 1.02. The van der Waals surface area contributed by atoms with Crippen molar-refractivity contribution in [2.45, 2.75) is 155 Å². The van der Waals surface area contributed by atoms with Crippen LogP contribution < -0.4 is 0 Å². The number of ether oxygens (including phenoxy) is 5. The first kappa shape index (κ1) is 37.8. The smallest absolute Gasteiger partial charge is 0.303 e. The molecule has 7 aliphatic rings. The lowest BCUT2D eigenvalue weighted by Gasteiger charge is -2.49. The number of nitrogens with zero attached hydrogens (tertiary/aromatic N) is 4. The van der Waals surface area contributed by atoms with Crippen molar-refractivity contribution < 1.29 is 43.2 Å². The summed E-state index contributed by atoms with van der Waals surface area (Å²) in [7, 11) is 0. The highest BCUT2D eigenvalue weighted by molar-refractivity contribution is 5.68. The predicted molar refractivity (Wildman–Crippen MR) is 194 cm³/mol. The average molecular weight is 751 g/mol. The number of aliphatic hydroxyl groups excluding tert-OH is 1. The number of allylic oxidation sites excluding steroid dienone is 2. The molecule has 296 valence electrons. The maximum atomic E-state index is 12.2. The topological polar surface area (TPSA) is 152 Å². The quantitative estimate of drug-likeness (QED) is 0.241. The van der Waals surface area contributed by atoms with Crippen molar-refractivity contribution in [3.63, 3.8) is 0 Å². The second-order valence-electron chi connectivity index (χ2n) is 17.9. The summed E-state index contributed by atoms with van der Waals surface area (Å²) in [6.45, 7) is 14.7. The monoisotopic (exact) mass is 750 g/mol. The zero-order valence-electron chi connectivity index (χ0n) is 32.9. The van der Waals surface area contributed by atoms with E-state index in [1.165, 1.54) is 43.0 Å². The number of likely N-dealkylation sites (tertiary alicyclic amines) is 1. The molecule has 2 saturated carbocycles. The first-order valence-electron chi connectivity index (χ1n) is 20.2. The van der Waals surface area contributed by atoms with Crippen LogP contribution in [0.25, 0.3) is 0 Å². The number of esters is 3. The number of hydrogen-bond donors (Lipinski definition) is 1. The molecule has 3 aliphatic heterocycles. The molecule has 4 heterocycles. The zero-order chi connectivity index (χ0) is 38.3. The Morgan fingerprint density at radius 3 is 2.50 bits per heavy atom. The van der Waals surface area contributed by atoms with Gasteiger partial charge in [0.15, 0.2) is 24.5 Å². The Kier molecular flexibility index (Phi) is 9.87. The molecule has 0 radical (unpaired) electrons. The predicted octanol–water partition coefficient (Wildman–Crippen LogP) is 4.83. The van der Waals surface area contributed by atoms with E-state index in [0.717, 1.165) is 57.2 Å². The Morgan fingerprint density at radius 2 is 1.76 bits per heavy atom. The van der Waals surface area contributed by atoms with Gasteiger partial charge >= 0.3 is 17.9 Å². The number of aliphatic hydroxyl groups is 1. The Bertz CT molecular complexity index is 1720. The van der Waals surface area contributed by atoms with Gasteiger partial charge in [0.25, 0.3) is 0 Å². The SMILES string of the molecule is CC(=O)OC1[C@H](OC(C)=O)CO[C@@H](n2cc(CN3C[C@@H](C)C[C@H]4O[C@]5(CC[C@@H]6C(=C5C)C[C@H]5[C@H]6CC=C6C[C@@H](O)CC[C@@]65C)[C@H](C)[C@@H]43)nn2)[C@H]1OC(C)=O. The first-order chi connectivity index (χ1) is 25.7. The molecule has 1 unspecified atom stereocenters. The van der Waals surface area contributed by atoms with Gasteiger partial charge in [-0.3, -0.25) is 19.3 Å². The maximum Gasteiger partial charge on any atom is 0.303 e. The number of piperidine rings is 1. The number of aromatic nitrogens is 3. The van der Waals surface area contributed by atoms with E-state index in [0.29, 0.717) is 30.2 Å². The van der Waals surface area contributed by atoms with Crippen LogP contribution in [0.15, 0.2) is 29.0 Å². The minimum Gasteiger partial charge on any atom is -0.456 e. The number of rotatable bonds is 6. The molecule has 1 N–H and O–H groups in total. The van der Waals surface area contributed by atoms with Gasteiger partial charge in [-0.15, -0.1) is 5.10 Å². The van der Waals surface area contributed by atoms with Gasteiger partial charge < -0.3 is 28.8 Å². The highest BCUT2D eigenvalue weighted by atomic mass is 16.6. The average Bonchev–Trinajstić information content (AvgIpc) is 3.79. The van der Waals surface area contributed by atoms with Crippen LogP contribution in [0.5, 0.6) is 0 Å². The first-order valence-corrected chi connectivity index (χ1v) is 20.2. The Labute approximate surface area is 318 Å². The van der Waals surface area contributed by atoms with Crippen LogP contribution in [0.2, 0.25) is 0 Å². The molecule has 0 amide bonds. The molecule has 13 heteroatoms. The molecule has 1 aromatic rings. The van der Waals surface area contributed by atoms with E-state index in [1.807, 2.05) is 0 Å². The van der Waals surface area contributed by atoms with Crippen molar-refractivity contribution in [1.29, 1.82) is 0 Å². The van der Waals surface area contributed by atoms with E-state index in [-0.39, 0.29) is 41.8 Å². The normalized spacial score (nSPS) is 43.1. The molecule has 5 fully saturated rings. The van der Waals surface area contributed by atoms with Crippen LogP contribution in [0.3, 0.4) is 0 Å². The van der Waals surface area contributed by atoms with Gasteiger partial charge in [0.2, 0.25) is 0 Å². The lowest BCUT2D eigenvalue weighted by Crippen LogP contribution is -2.55. The summed E-state index contributed by atoms with van der Waals surface area (Å²) in [6, 6.07) is 0.213. The number of fused-ring (bicyclic) bond motifs is 6. The van der Waals surface area contributed by atoms with E-state index in [2.05, 4.69) is 49.0 Å². The molecule has 14 atom stereocenters. The van der Waals surface area contributed by atoms with Gasteiger partial charge in [-0.05, 0) is 93.0 Å². The van der Waals surface area contributed by atoms with E-state index < -0.39 is 42.4 Å². The van der Waals surface area contributed by atoms with E-state index in [4.69, 9.17) is 23.7 Å². The van der Waals surface area contributed by atoms with Crippen LogP contribution in [0.1, 0.15) is 112 Å². The van der Waals surface area contributed by atoms with Gasteiger partial charge in [0, 0.05) is 45.8 Å². The zero-order valence-corrected chi connectivity index (χ0v) is 32.9. The molecule has 3 saturated heterocycles. The molecule has 0 bridgehead atoms. The van der Waals surface area contributed by atoms with Crippen LogP contribution in [0.4, 0.5) is 0 Å². The minimum atomic E-state index is -1.12. The maximum absolute atomic E-state index is 12.2. The lowest BCUT2D eigenvalue weighted by atomic mass is 9.56. The molecule has 1 spiro atoms. The fourth-order valence-electron chi connectivity index (χ4n) is 12.3. The summed E-state index contributed by atoms with van der Waals surface area (Å²) in [5.41, 5.74) is 5.27. The molecular formula is C41H58N4O9. The molecule has 4 aliphatic carbocycles. The fourth-order valence-corrected chi connectivity index (χ4v) is 12.3. The minimum absolute atomic E-state index is 0.0866. The number of hydrogen-bond acceptors (Lipinski definition) is 12. The Hall–Kier alpha value is -3.13. The van der Waals surface area contributed by atoms with E-state index >= 15 is 0 Å². The summed E-state index contributed by atoms with van der Waals surface area (Å²) >= 11 is 0. The number of carbonyl (C=O) groups excluding carboxylic acids is 3. The summed E-state index contributed by atoms with van der Waals surface area (Å²) in [6.07, 6.45) is 8.42. The molecule has 1 aromatic heterocycles. The standard InChI is InChI=1S/C41H58N4O9/c1-21-14-34-36(23(3)41(54-34)13-11-30-31-9-8-27-15-29(49)10-12-40(27,7)33(31)16-32(30)22(41)2)44(17-21)18-28-19-45(43-42-28)39-38(53-26(6)48)37(52-25(5)47)35(20-50-39)51-24(4)46/h8,19,21,23,29-31,33-39,49H,9-18,20H2,1-7H3/t21-,23+,29-,30-,31-,33-,34+,35+,36-,37?,38-,39+,40-,41-/m0/s1. The van der Waals surface area contributed by atoms with Crippen molar-refractivity contribution in [1.82, 2.24) is 19.9 Å². The molecule has 8 rings (SSSR count). The Morgan fingerprint density at radius 1 is 1.02 bits per heavy atom.